The average Bonchev–Trinajstić information content (AvgIpc) is 2.56. The van der Waals surface area contributed by atoms with E-state index in [0.29, 0.717) is 18.3 Å². The summed E-state index contributed by atoms with van der Waals surface area (Å²) in [6.07, 6.45) is 2.12. The summed E-state index contributed by atoms with van der Waals surface area (Å²) in [5.41, 5.74) is 5.02. The molecule has 11 heavy (non-hydrogen) atoms. The van der Waals surface area contributed by atoms with Crippen LogP contribution in [0.25, 0.3) is 0 Å². The standard InChI is InChI=1S/C8H11NO2/c9-8(11)3-6-5-1-4(5)2-7(6)10/h4-6H,1-3H2,(H2,9,11). The molecule has 0 aromatic heterocycles. The Labute approximate surface area is 64.9 Å². The first-order valence-corrected chi connectivity index (χ1v) is 3.99. The Morgan fingerprint density at radius 1 is 1.64 bits per heavy atom. The van der Waals surface area contributed by atoms with Gasteiger partial charge in [0.05, 0.1) is 0 Å². The van der Waals surface area contributed by atoms with E-state index in [2.05, 4.69) is 0 Å². The number of Topliss-reactive ketones (excluding diaryl/α,β-unsaturated/α-hetero) is 1. The minimum Gasteiger partial charge on any atom is -0.370 e. The number of carbonyl (C=O) groups is 2. The van der Waals surface area contributed by atoms with E-state index in [1.54, 1.807) is 0 Å². The molecule has 2 aliphatic carbocycles. The predicted octanol–water partition coefficient (Wildman–Crippen LogP) is 0.0869. The van der Waals surface area contributed by atoms with Crippen molar-refractivity contribution in [3.8, 4) is 0 Å². The molecule has 3 heteroatoms. The van der Waals surface area contributed by atoms with E-state index in [0.717, 1.165) is 6.42 Å². The third-order valence-electron chi connectivity index (χ3n) is 2.79. The lowest BCUT2D eigenvalue weighted by Gasteiger charge is -2.05. The molecular weight excluding hydrogens is 142 g/mol. The van der Waals surface area contributed by atoms with Crippen LogP contribution in [-0.2, 0) is 9.59 Å². The van der Waals surface area contributed by atoms with Crippen LogP contribution in [0.1, 0.15) is 19.3 Å². The van der Waals surface area contributed by atoms with Crippen LogP contribution in [0, 0.1) is 17.8 Å². The highest BCUT2D eigenvalue weighted by atomic mass is 16.1. The Hall–Kier alpha value is -0.860. The Balaban J connectivity index is 2.01. The topological polar surface area (TPSA) is 60.2 Å². The summed E-state index contributed by atoms with van der Waals surface area (Å²) in [6, 6.07) is 0. The van der Waals surface area contributed by atoms with Gasteiger partial charge in [0.15, 0.2) is 0 Å². The molecule has 2 N–H and O–H groups in total. The molecule has 3 nitrogen and oxygen atoms in total. The second kappa shape index (κ2) is 2.06. The number of nitrogens with two attached hydrogens (primary N) is 1. The predicted molar refractivity (Wildman–Crippen MR) is 38.5 cm³/mol. The summed E-state index contributed by atoms with van der Waals surface area (Å²) in [7, 11) is 0. The van der Waals surface area contributed by atoms with Gasteiger partial charge in [-0.15, -0.1) is 0 Å². The molecule has 3 unspecified atom stereocenters. The smallest absolute Gasteiger partial charge is 0.218 e. The molecule has 60 valence electrons. The Morgan fingerprint density at radius 2 is 2.36 bits per heavy atom. The summed E-state index contributed by atoms with van der Waals surface area (Å²) in [5.74, 6) is 1.01. The van der Waals surface area contributed by atoms with E-state index in [9.17, 15) is 9.59 Å². The van der Waals surface area contributed by atoms with E-state index >= 15 is 0 Å². The number of amides is 1. The van der Waals surface area contributed by atoms with Gasteiger partial charge in [0, 0.05) is 18.8 Å². The molecule has 2 saturated carbocycles. The van der Waals surface area contributed by atoms with E-state index < -0.39 is 0 Å². The molecule has 1 amide bonds. The van der Waals surface area contributed by atoms with Crippen molar-refractivity contribution >= 4 is 11.7 Å². The quantitative estimate of drug-likeness (QED) is 0.611. The number of primary amides is 1. The largest absolute Gasteiger partial charge is 0.370 e. The van der Waals surface area contributed by atoms with E-state index in [1.165, 1.54) is 0 Å². The van der Waals surface area contributed by atoms with Crippen LogP contribution in [0.4, 0.5) is 0 Å². The number of hydrogen-bond acceptors (Lipinski definition) is 2. The summed E-state index contributed by atoms with van der Waals surface area (Å²) in [6.45, 7) is 0. The number of fused-ring (bicyclic) bond motifs is 1. The number of rotatable bonds is 2. The number of ketones is 1. The third kappa shape index (κ3) is 1.04. The van der Waals surface area contributed by atoms with E-state index in [4.69, 9.17) is 5.73 Å². The fraction of sp³-hybridized carbons (Fsp3) is 0.750. The molecule has 0 spiro atoms. The molecule has 0 aliphatic heterocycles. The fourth-order valence-corrected chi connectivity index (χ4v) is 2.13. The zero-order chi connectivity index (χ0) is 8.01. The Kier molecular flexibility index (Phi) is 1.28. The van der Waals surface area contributed by atoms with E-state index in [1.807, 2.05) is 0 Å². The maximum absolute atomic E-state index is 11.1. The van der Waals surface area contributed by atoms with Crippen LogP contribution < -0.4 is 5.73 Å². The van der Waals surface area contributed by atoms with Gasteiger partial charge >= 0.3 is 0 Å². The lowest BCUT2D eigenvalue weighted by atomic mass is 9.98. The summed E-state index contributed by atoms with van der Waals surface area (Å²) in [5, 5.41) is 0. The molecule has 2 rings (SSSR count). The Bertz CT molecular complexity index is 224. The molecule has 0 aromatic carbocycles. The van der Waals surface area contributed by atoms with Crippen molar-refractivity contribution < 1.29 is 9.59 Å². The van der Waals surface area contributed by atoms with Gasteiger partial charge < -0.3 is 5.73 Å². The van der Waals surface area contributed by atoms with Gasteiger partial charge in [-0.25, -0.2) is 0 Å². The van der Waals surface area contributed by atoms with Crippen LogP contribution in [-0.4, -0.2) is 11.7 Å². The van der Waals surface area contributed by atoms with Crippen molar-refractivity contribution in [3.63, 3.8) is 0 Å². The average molecular weight is 153 g/mol. The zero-order valence-corrected chi connectivity index (χ0v) is 6.25. The van der Waals surface area contributed by atoms with Crippen molar-refractivity contribution in [2.24, 2.45) is 23.5 Å². The van der Waals surface area contributed by atoms with Gasteiger partial charge in [0.25, 0.3) is 0 Å². The second-order valence-corrected chi connectivity index (χ2v) is 3.61. The van der Waals surface area contributed by atoms with Crippen LogP contribution in [0.15, 0.2) is 0 Å². The van der Waals surface area contributed by atoms with Crippen molar-refractivity contribution in [1.29, 1.82) is 0 Å². The summed E-state index contributed by atoms with van der Waals surface area (Å²) >= 11 is 0. The van der Waals surface area contributed by atoms with Crippen molar-refractivity contribution in [2.45, 2.75) is 19.3 Å². The highest BCUT2D eigenvalue weighted by Gasteiger charge is 2.53. The number of carbonyl (C=O) groups excluding carboxylic acids is 2. The summed E-state index contributed by atoms with van der Waals surface area (Å²) < 4.78 is 0. The second-order valence-electron chi connectivity index (χ2n) is 3.61. The first-order chi connectivity index (χ1) is 5.18. The minimum absolute atomic E-state index is 0.0162. The Morgan fingerprint density at radius 3 is 2.82 bits per heavy atom. The lowest BCUT2D eigenvalue weighted by Crippen LogP contribution is -2.21. The molecule has 0 bridgehead atoms. The molecule has 0 radical (unpaired) electrons. The molecule has 2 fully saturated rings. The van der Waals surface area contributed by atoms with E-state index in [-0.39, 0.29) is 24.0 Å². The minimum atomic E-state index is -0.337. The van der Waals surface area contributed by atoms with Crippen molar-refractivity contribution in [1.82, 2.24) is 0 Å². The van der Waals surface area contributed by atoms with Crippen molar-refractivity contribution in [2.75, 3.05) is 0 Å². The third-order valence-corrected chi connectivity index (χ3v) is 2.79. The molecule has 0 saturated heterocycles. The molecule has 2 aliphatic rings. The zero-order valence-electron chi connectivity index (χ0n) is 6.25. The van der Waals surface area contributed by atoms with Gasteiger partial charge in [-0.05, 0) is 18.3 Å². The maximum atomic E-state index is 11.1. The lowest BCUT2D eigenvalue weighted by molar-refractivity contribution is -0.126. The SMILES string of the molecule is NC(=O)CC1C(=O)CC2CC21. The van der Waals surface area contributed by atoms with Gasteiger partial charge in [-0.2, -0.15) is 0 Å². The fourth-order valence-electron chi connectivity index (χ4n) is 2.13. The van der Waals surface area contributed by atoms with Crippen LogP contribution in [0.3, 0.4) is 0 Å². The monoisotopic (exact) mass is 153 g/mol. The maximum Gasteiger partial charge on any atom is 0.218 e. The van der Waals surface area contributed by atoms with Gasteiger partial charge in [0.2, 0.25) is 5.91 Å². The number of hydrogen-bond donors (Lipinski definition) is 1. The first-order valence-electron chi connectivity index (χ1n) is 3.99. The van der Waals surface area contributed by atoms with Crippen molar-refractivity contribution in [3.05, 3.63) is 0 Å². The first kappa shape index (κ1) is 6.83. The van der Waals surface area contributed by atoms with Crippen LogP contribution in [0.5, 0.6) is 0 Å². The highest BCUT2D eigenvalue weighted by Crippen LogP contribution is 2.54. The van der Waals surface area contributed by atoms with Gasteiger partial charge in [0.1, 0.15) is 5.78 Å². The molecular formula is C8H11NO2. The summed E-state index contributed by atoms with van der Waals surface area (Å²) in [4.78, 5) is 21.7. The van der Waals surface area contributed by atoms with Crippen LogP contribution >= 0.6 is 0 Å². The molecule has 0 heterocycles. The normalized spacial score (nSPS) is 40.4. The van der Waals surface area contributed by atoms with Crippen LogP contribution in [0.2, 0.25) is 0 Å². The molecule has 3 atom stereocenters. The van der Waals surface area contributed by atoms with Gasteiger partial charge in [-0.1, -0.05) is 0 Å². The molecule has 0 aromatic rings. The highest BCUT2D eigenvalue weighted by molar-refractivity contribution is 5.89. The van der Waals surface area contributed by atoms with Gasteiger partial charge in [-0.3, -0.25) is 9.59 Å².